The molecule has 1 aliphatic rings. The quantitative estimate of drug-likeness (QED) is 0.474. The predicted molar refractivity (Wildman–Crippen MR) is 115 cm³/mol. The van der Waals surface area contributed by atoms with E-state index >= 15 is 0 Å². The molecule has 2 aromatic rings. The summed E-state index contributed by atoms with van der Waals surface area (Å²) in [4.78, 5) is 13.4. The number of sulfonamides is 1. The highest BCUT2D eigenvalue weighted by molar-refractivity contribution is 9.10. The molecule has 29 heavy (non-hydrogen) atoms. The van der Waals surface area contributed by atoms with Crippen LogP contribution in [0.15, 0.2) is 63.0 Å². The second-order valence-corrected chi connectivity index (χ2v) is 9.85. The van der Waals surface area contributed by atoms with Crippen molar-refractivity contribution in [2.75, 3.05) is 32.7 Å². The van der Waals surface area contributed by atoms with Crippen LogP contribution in [0.4, 0.5) is 0 Å². The first-order valence-corrected chi connectivity index (χ1v) is 11.6. The van der Waals surface area contributed by atoms with Gasteiger partial charge in [-0.15, -0.1) is 0 Å². The maximum absolute atomic E-state index is 12.7. The van der Waals surface area contributed by atoms with Gasteiger partial charge in [-0.25, -0.2) is 13.8 Å². The van der Waals surface area contributed by atoms with Crippen LogP contribution in [-0.4, -0.2) is 57.6 Å². The van der Waals surface area contributed by atoms with Gasteiger partial charge < -0.3 is 4.90 Å². The lowest BCUT2D eigenvalue weighted by Gasteiger charge is -2.31. The van der Waals surface area contributed by atoms with E-state index in [-0.39, 0.29) is 17.3 Å². The molecule has 2 aromatic carbocycles. The first kappa shape index (κ1) is 21.6. The minimum atomic E-state index is -3.50. The zero-order valence-corrected chi connectivity index (χ0v) is 18.5. The fourth-order valence-electron chi connectivity index (χ4n) is 3.17. The molecule has 1 saturated heterocycles. The highest BCUT2D eigenvalue weighted by atomic mass is 79.9. The second kappa shape index (κ2) is 9.62. The van der Waals surface area contributed by atoms with Crippen LogP contribution < -0.4 is 10.3 Å². The summed E-state index contributed by atoms with van der Waals surface area (Å²) < 4.78 is 27.8. The molecule has 0 bridgehead atoms. The Morgan fingerprint density at radius 3 is 2.55 bits per heavy atom. The smallest absolute Gasteiger partial charge is 0.295 e. The standard InChI is InChI=1S/C20H23BrN4O3S/c1-16-3-2-4-17(13-16)14-22-23-20(26)15-24-9-11-25(12-10-24)29(27,28)19-7-5-18(21)6-8-19/h2-8,13-14H,9-12,15H2,1H3,(H,23,26)/p+1/b22-14-. The van der Waals surface area contributed by atoms with Gasteiger partial charge in [0.1, 0.15) is 0 Å². The molecular weight excluding hydrogens is 456 g/mol. The highest BCUT2D eigenvalue weighted by Crippen LogP contribution is 2.18. The Morgan fingerprint density at radius 1 is 1.21 bits per heavy atom. The number of nitrogens with zero attached hydrogens (tertiary/aromatic N) is 2. The number of carbonyl (C=O) groups excluding carboxylic acids is 1. The van der Waals surface area contributed by atoms with Crippen molar-refractivity contribution < 1.29 is 18.1 Å². The summed E-state index contributed by atoms with van der Waals surface area (Å²) in [7, 11) is -3.50. The maximum Gasteiger partial charge on any atom is 0.295 e. The number of quaternary nitrogens is 1. The molecule has 1 amide bonds. The van der Waals surface area contributed by atoms with E-state index in [2.05, 4.69) is 26.5 Å². The van der Waals surface area contributed by atoms with E-state index in [1.807, 2.05) is 31.2 Å². The molecule has 0 spiro atoms. The van der Waals surface area contributed by atoms with E-state index < -0.39 is 10.0 Å². The first-order valence-electron chi connectivity index (χ1n) is 9.32. The van der Waals surface area contributed by atoms with Crippen LogP contribution in [-0.2, 0) is 14.8 Å². The van der Waals surface area contributed by atoms with Gasteiger partial charge in [0.2, 0.25) is 10.0 Å². The maximum atomic E-state index is 12.7. The summed E-state index contributed by atoms with van der Waals surface area (Å²) in [5.41, 5.74) is 4.59. The molecule has 0 atom stereocenters. The molecule has 154 valence electrons. The normalized spacial score (nSPS) is 16.2. The minimum absolute atomic E-state index is 0.187. The summed E-state index contributed by atoms with van der Waals surface area (Å²) in [5.74, 6) is -0.187. The lowest BCUT2D eigenvalue weighted by molar-refractivity contribution is -0.895. The summed E-state index contributed by atoms with van der Waals surface area (Å²) >= 11 is 3.31. The summed E-state index contributed by atoms with van der Waals surface area (Å²) in [6.07, 6.45) is 1.61. The molecule has 1 heterocycles. The van der Waals surface area contributed by atoms with Gasteiger partial charge in [0, 0.05) is 4.47 Å². The predicted octanol–water partition coefficient (Wildman–Crippen LogP) is 0.797. The number of rotatable bonds is 6. The Morgan fingerprint density at radius 2 is 1.90 bits per heavy atom. The van der Waals surface area contributed by atoms with Gasteiger partial charge in [-0.3, -0.25) is 4.79 Å². The Kier molecular flexibility index (Phi) is 7.18. The minimum Gasteiger partial charge on any atom is -0.325 e. The van der Waals surface area contributed by atoms with Crippen LogP contribution in [0.5, 0.6) is 0 Å². The SMILES string of the molecule is Cc1cccc(/C=N\NC(=O)C[NH+]2CCN(S(=O)(=O)c3ccc(Br)cc3)CC2)c1. The molecule has 0 aliphatic carbocycles. The number of hydrogen-bond acceptors (Lipinski definition) is 4. The van der Waals surface area contributed by atoms with Crippen LogP contribution >= 0.6 is 15.9 Å². The van der Waals surface area contributed by atoms with E-state index in [1.165, 1.54) is 4.31 Å². The molecule has 2 N–H and O–H groups in total. The number of hydrogen-bond donors (Lipinski definition) is 2. The molecule has 0 saturated carbocycles. The molecule has 0 radical (unpaired) electrons. The van der Waals surface area contributed by atoms with Gasteiger partial charge in [-0.1, -0.05) is 45.8 Å². The number of aryl methyl sites for hydroxylation is 1. The summed E-state index contributed by atoms with van der Waals surface area (Å²) in [5, 5.41) is 4.00. The largest absolute Gasteiger partial charge is 0.325 e. The third-order valence-corrected chi connectivity index (χ3v) is 7.18. The summed E-state index contributed by atoms with van der Waals surface area (Å²) in [6, 6.07) is 14.5. The number of carbonyl (C=O) groups is 1. The van der Waals surface area contributed by atoms with Crippen molar-refractivity contribution >= 4 is 38.1 Å². The Labute approximate surface area is 179 Å². The molecule has 1 aliphatic heterocycles. The number of amides is 1. The van der Waals surface area contributed by atoms with Gasteiger partial charge in [-0.05, 0) is 36.8 Å². The molecule has 0 unspecified atom stereocenters. The lowest BCUT2D eigenvalue weighted by Crippen LogP contribution is -3.15. The van der Waals surface area contributed by atoms with Crippen molar-refractivity contribution in [3.05, 3.63) is 64.1 Å². The van der Waals surface area contributed by atoms with Gasteiger partial charge in [0.15, 0.2) is 6.54 Å². The van der Waals surface area contributed by atoms with Crippen molar-refractivity contribution in [2.24, 2.45) is 5.10 Å². The number of hydrazone groups is 1. The molecule has 1 fully saturated rings. The van der Waals surface area contributed by atoms with Crippen LogP contribution in [0.25, 0.3) is 0 Å². The van der Waals surface area contributed by atoms with Crippen LogP contribution in [0.3, 0.4) is 0 Å². The molecule has 0 aromatic heterocycles. The van der Waals surface area contributed by atoms with Crippen molar-refractivity contribution in [1.29, 1.82) is 0 Å². The monoisotopic (exact) mass is 479 g/mol. The molecule has 9 heteroatoms. The molecule has 7 nitrogen and oxygen atoms in total. The Hall–Kier alpha value is -2.07. The van der Waals surface area contributed by atoms with E-state index in [4.69, 9.17) is 0 Å². The fraction of sp³-hybridized carbons (Fsp3) is 0.300. The van der Waals surface area contributed by atoms with E-state index in [0.29, 0.717) is 26.2 Å². The van der Waals surface area contributed by atoms with E-state index in [1.54, 1.807) is 30.5 Å². The second-order valence-electron chi connectivity index (χ2n) is 6.99. The number of benzene rings is 2. The zero-order valence-electron chi connectivity index (χ0n) is 16.1. The van der Waals surface area contributed by atoms with Crippen molar-refractivity contribution in [3.8, 4) is 0 Å². The third-order valence-electron chi connectivity index (χ3n) is 4.74. The molecule has 3 rings (SSSR count). The van der Waals surface area contributed by atoms with Crippen molar-refractivity contribution in [1.82, 2.24) is 9.73 Å². The van der Waals surface area contributed by atoms with Crippen molar-refractivity contribution in [3.63, 3.8) is 0 Å². The average Bonchev–Trinajstić information content (AvgIpc) is 2.69. The van der Waals surface area contributed by atoms with Crippen molar-refractivity contribution in [2.45, 2.75) is 11.8 Å². The number of nitrogens with one attached hydrogen (secondary N) is 2. The Balaban J connectivity index is 1.48. The van der Waals surface area contributed by atoms with Gasteiger partial charge in [-0.2, -0.15) is 9.41 Å². The number of piperazine rings is 1. The van der Waals surface area contributed by atoms with Crippen LogP contribution in [0.1, 0.15) is 11.1 Å². The summed E-state index contributed by atoms with van der Waals surface area (Å²) in [6.45, 7) is 4.17. The van der Waals surface area contributed by atoms with Crippen LogP contribution in [0.2, 0.25) is 0 Å². The van der Waals surface area contributed by atoms with E-state index in [9.17, 15) is 13.2 Å². The lowest BCUT2D eigenvalue weighted by atomic mass is 10.2. The third kappa shape index (κ3) is 5.96. The first-order chi connectivity index (χ1) is 13.8. The van der Waals surface area contributed by atoms with Gasteiger partial charge >= 0.3 is 0 Å². The number of halogens is 1. The van der Waals surface area contributed by atoms with E-state index in [0.717, 1.165) is 20.5 Å². The van der Waals surface area contributed by atoms with Gasteiger partial charge in [0.25, 0.3) is 5.91 Å². The molecular formula is C20H24BrN4O3S+. The fourth-order valence-corrected chi connectivity index (χ4v) is 4.88. The Bertz CT molecular complexity index is 985. The van der Waals surface area contributed by atoms with Gasteiger partial charge in [0.05, 0.1) is 37.3 Å². The topological polar surface area (TPSA) is 83.3 Å². The van der Waals surface area contributed by atoms with Crippen LogP contribution in [0, 0.1) is 6.92 Å². The highest BCUT2D eigenvalue weighted by Gasteiger charge is 2.31. The average molecular weight is 480 g/mol. The zero-order chi connectivity index (χ0) is 20.9.